The van der Waals surface area contributed by atoms with Crippen LogP contribution in [-0.4, -0.2) is 88.6 Å². The molecule has 1 aromatic rings. The molecule has 0 spiro atoms. The van der Waals surface area contributed by atoms with Gasteiger partial charge in [-0.15, -0.1) is 0 Å². The van der Waals surface area contributed by atoms with E-state index in [1.807, 2.05) is 0 Å². The lowest BCUT2D eigenvalue weighted by atomic mass is 9.97. The zero-order valence-corrected chi connectivity index (χ0v) is 26.3. The molecule has 48 heavy (non-hydrogen) atoms. The number of carboxylic acid groups (broad SMARTS) is 1. The Hall–Kier alpha value is -5.59. The number of carboxylic acids is 1. The quantitative estimate of drug-likeness (QED) is 0.118. The van der Waals surface area contributed by atoms with Crippen LogP contribution in [0.2, 0.25) is 0 Å². The largest absolute Gasteiger partial charge is 0.481 e. The number of nitrogens with one attached hydrogen (secondary N) is 5. The van der Waals surface area contributed by atoms with E-state index in [4.69, 9.17) is 21.9 Å². The van der Waals surface area contributed by atoms with Gasteiger partial charge in [-0.05, 0) is 12.0 Å². The van der Waals surface area contributed by atoms with Crippen molar-refractivity contribution < 1.29 is 53.0 Å². The third kappa shape index (κ3) is 12.0. The zero-order chi connectivity index (χ0) is 36.1. The summed E-state index contributed by atoms with van der Waals surface area (Å²) in [6, 6.07) is -0.547. The van der Waals surface area contributed by atoms with Gasteiger partial charge in [0.15, 0.2) is 0 Å². The molecular weight excluding hydrogens is 636 g/mol. The summed E-state index contributed by atoms with van der Waals surface area (Å²) in [5, 5.41) is 21.2. The second kappa shape index (κ2) is 17.9. The van der Waals surface area contributed by atoms with Crippen LogP contribution in [0.15, 0.2) is 24.3 Å². The predicted octanol–water partition coefficient (Wildman–Crippen LogP) is -3.39. The Morgan fingerprint density at radius 3 is 1.71 bits per heavy atom. The number of amides is 8. The van der Waals surface area contributed by atoms with Crippen LogP contribution in [0, 0.1) is 5.92 Å². The first-order valence-corrected chi connectivity index (χ1v) is 14.8. The van der Waals surface area contributed by atoms with E-state index in [0.717, 1.165) is 0 Å². The van der Waals surface area contributed by atoms with Crippen molar-refractivity contribution in [3.05, 3.63) is 29.8 Å². The molecule has 1 aliphatic heterocycles. The van der Waals surface area contributed by atoms with Gasteiger partial charge >= 0.3 is 5.97 Å². The number of nitrogens with two attached hydrogens (primary N) is 3. The Kier molecular flexibility index (Phi) is 14.4. The monoisotopic (exact) mass is 676 g/mol. The maximum absolute atomic E-state index is 13.5. The van der Waals surface area contributed by atoms with Gasteiger partial charge in [-0.1, -0.05) is 38.5 Å². The Morgan fingerprint density at radius 1 is 0.750 bits per heavy atom. The molecule has 19 heteroatoms. The van der Waals surface area contributed by atoms with E-state index in [2.05, 4.69) is 26.6 Å². The number of rotatable bonds is 10. The Labute approximate surface area is 274 Å². The van der Waals surface area contributed by atoms with Gasteiger partial charge in [0.05, 0.1) is 32.3 Å². The third-order valence-corrected chi connectivity index (χ3v) is 7.28. The SMILES string of the molecule is CC[C@H](C)[C@@H]1NC(=O)[C@@H](CC(=O)O)OCc2ccccc2NC(=O)[C@H](CC(N)=O)NC(=O)[C@H](CC(N)=O)NC(=O)[C@@H](CC(N)=O)NC1=O. The number of hydrogen-bond donors (Lipinski definition) is 9. The van der Waals surface area contributed by atoms with Crippen LogP contribution in [0.1, 0.15) is 51.5 Å². The fraction of sp³-hybridized carbons (Fsp3) is 0.483. The number of carbonyl (C=O) groups excluding carboxylic acids is 8. The van der Waals surface area contributed by atoms with Crippen LogP contribution in [0.25, 0.3) is 0 Å². The standard InChI is InChI=1S/C29H40N8O11/c1-3-13(2)24-29(47)36-18(10-22(32)40)27(45)35-17(9-21(31)39)26(44)34-16(8-20(30)38)25(43)33-15-7-5-4-6-14(15)12-48-19(11-23(41)42)28(46)37-24/h4-7,13,16-19,24H,3,8-12H2,1-2H3,(H2,30,38)(H2,31,39)(H2,32,40)(H,33,43)(H,34,44)(H,35,45)(H,36,47)(H,37,46)(H,41,42)/t13-,16-,17-,18+,19+,24-/m0/s1. The minimum atomic E-state index is -1.77. The highest BCUT2D eigenvalue weighted by molar-refractivity contribution is 6.02. The molecular formula is C29H40N8O11. The van der Waals surface area contributed by atoms with Crippen molar-refractivity contribution >= 4 is 58.9 Å². The lowest BCUT2D eigenvalue weighted by Gasteiger charge is -2.28. The Morgan fingerprint density at radius 2 is 1.23 bits per heavy atom. The fourth-order valence-corrected chi connectivity index (χ4v) is 4.55. The molecule has 19 nitrogen and oxygen atoms in total. The molecule has 262 valence electrons. The molecule has 0 fully saturated rings. The highest BCUT2D eigenvalue weighted by Gasteiger charge is 2.36. The second-order valence-corrected chi connectivity index (χ2v) is 11.1. The lowest BCUT2D eigenvalue weighted by Crippen LogP contribution is -2.60. The summed E-state index contributed by atoms with van der Waals surface area (Å²) >= 11 is 0. The van der Waals surface area contributed by atoms with E-state index in [0.29, 0.717) is 6.42 Å². The van der Waals surface area contributed by atoms with Gasteiger partial charge in [-0.2, -0.15) is 0 Å². The van der Waals surface area contributed by atoms with E-state index in [-0.39, 0.29) is 11.3 Å². The highest BCUT2D eigenvalue weighted by atomic mass is 16.5. The molecule has 0 saturated heterocycles. The Bertz CT molecular complexity index is 1440. The highest BCUT2D eigenvalue weighted by Crippen LogP contribution is 2.19. The summed E-state index contributed by atoms with van der Waals surface area (Å²) in [5.74, 6) is -10.4. The summed E-state index contributed by atoms with van der Waals surface area (Å²) in [7, 11) is 0. The fourth-order valence-electron chi connectivity index (χ4n) is 4.55. The van der Waals surface area contributed by atoms with Gasteiger partial charge in [-0.3, -0.25) is 43.2 Å². The molecule has 0 radical (unpaired) electrons. The number of benzene rings is 1. The van der Waals surface area contributed by atoms with Crippen molar-refractivity contribution in [2.45, 2.75) is 82.8 Å². The van der Waals surface area contributed by atoms with Gasteiger partial charge in [0.1, 0.15) is 30.3 Å². The number of fused-ring (bicyclic) bond motifs is 1. The van der Waals surface area contributed by atoms with E-state index in [9.17, 15) is 48.3 Å². The average Bonchev–Trinajstić information content (AvgIpc) is 2.99. The van der Waals surface area contributed by atoms with Crippen molar-refractivity contribution in [2.24, 2.45) is 23.1 Å². The van der Waals surface area contributed by atoms with Crippen LogP contribution in [0.4, 0.5) is 5.69 Å². The number of aliphatic carboxylic acids is 1. The van der Waals surface area contributed by atoms with Crippen molar-refractivity contribution in [1.82, 2.24) is 21.3 Å². The molecule has 1 aliphatic rings. The van der Waals surface area contributed by atoms with Gasteiger partial charge in [0, 0.05) is 11.3 Å². The normalized spacial score (nSPS) is 23.6. The van der Waals surface area contributed by atoms with Crippen LogP contribution in [0.3, 0.4) is 0 Å². The van der Waals surface area contributed by atoms with E-state index < -0.39 is 122 Å². The summed E-state index contributed by atoms with van der Waals surface area (Å²) in [6.45, 7) is 2.86. The average molecular weight is 677 g/mol. The van der Waals surface area contributed by atoms with Crippen molar-refractivity contribution in [1.29, 1.82) is 0 Å². The first kappa shape index (κ1) is 38.6. The first-order chi connectivity index (χ1) is 22.5. The van der Waals surface area contributed by atoms with Gasteiger partial charge < -0.3 is 53.6 Å². The van der Waals surface area contributed by atoms with Crippen LogP contribution in [0.5, 0.6) is 0 Å². The van der Waals surface area contributed by atoms with Crippen LogP contribution < -0.4 is 43.8 Å². The third-order valence-electron chi connectivity index (χ3n) is 7.28. The second-order valence-electron chi connectivity index (χ2n) is 11.1. The molecule has 2 rings (SSSR count). The lowest BCUT2D eigenvalue weighted by molar-refractivity contribution is -0.148. The molecule has 0 aliphatic carbocycles. The van der Waals surface area contributed by atoms with Gasteiger partial charge in [0.25, 0.3) is 0 Å². The van der Waals surface area contributed by atoms with E-state index in [1.165, 1.54) is 18.2 Å². The Balaban J connectivity index is 2.67. The van der Waals surface area contributed by atoms with Gasteiger partial charge in [0.2, 0.25) is 47.3 Å². The van der Waals surface area contributed by atoms with Crippen molar-refractivity contribution in [2.75, 3.05) is 5.32 Å². The zero-order valence-electron chi connectivity index (χ0n) is 26.3. The van der Waals surface area contributed by atoms with Crippen LogP contribution in [-0.2, 0) is 54.5 Å². The molecule has 1 heterocycles. The number of carbonyl (C=O) groups is 9. The number of ether oxygens (including phenoxy) is 1. The molecule has 1 aromatic carbocycles. The molecule has 0 aromatic heterocycles. The van der Waals surface area contributed by atoms with Crippen molar-refractivity contribution in [3.63, 3.8) is 0 Å². The molecule has 0 unspecified atom stereocenters. The molecule has 8 amide bonds. The summed E-state index contributed by atoms with van der Waals surface area (Å²) in [4.78, 5) is 114. The molecule has 0 saturated carbocycles. The number of hydrogen-bond acceptors (Lipinski definition) is 10. The maximum Gasteiger partial charge on any atom is 0.306 e. The summed E-state index contributed by atoms with van der Waals surface area (Å²) in [5.41, 5.74) is 16.2. The number of para-hydroxylation sites is 1. The van der Waals surface area contributed by atoms with E-state index in [1.54, 1.807) is 19.9 Å². The predicted molar refractivity (Wildman–Crippen MR) is 165 cm³/mol. The number of primary amides is 3. The molecule has 12 N–H and O–H groups in total. The number of anilines is 1. The topological polar surface area (TPSA) is 321 Å². The maximum atomic E-state index is 13.5. The summed E-state index contributed by atoms with van der Waals surface area (Å²) < 4.78 is 5.65. The summed E-state index contributed by atoms with van der Waals surface area (Å²) in [6.07, 6.45) is -4.48. The van der Waals surface area contributed by atoms with E-state index >= 15 is 0 Å². The smallest absolute Gasteiger partial charge is 0.306 e. The first-order valence-electron chi connectivity index (χ1n) is 14.8. The van der Waals surface area contributed by atoms with Crippen molar-refractivity contribution in [3.8, 4) is 0 Å². The minimum Gasteiger partial charge on any atom is -0.481 e. The molecule has 6 atom stereocenters. The molecule has 0 bridgehead atoms. The van der Waals surface area contributed by atoms with Crippen LogP contribution >= 0.6 is 0 Å². The minimum absolute atomic E-state index is 0.0896. The van der Waals surface area contributed by atoms with Gasteiger partial charge in [-0.25, -0.2) is 0 Å².